The molecular formula is C9H8O5. The Kier molecular flexibility index (Phi) is 4.02. The molecular weight excluding hydrogens is 188 g/mol. The molecule has 0 unspecified atom stereocenters. The van der Waals surface area contributed by atoms with Crippen LogP contribution in [0.2, 0.25) is 0 Å². The maximum atomic E-state index is 10.6. The second-order valence-corrected chi connectivity index (χ2v) is 2.13. The summed E-state index contributed by atoms with van der Waals surface area (Å²) in [4.78, 5) is 31.5. The average Bonchev–Trinajstić information content (AvgIpc) is 2.16. The Bertz CT molecular complexity index is 348. The minimum atomic E-state index is -1.36. The number of carbonyl (C=O) groups excluding carboxylic acids is 2. The fraction of sp³-hybridized carbons (Fsp3) is 0. The molecule has 0 aromatic rings. The van der Waals surface area contributed by atoms with Gasteiger partial charge < -0.3 is 10.2 Å². The van der Waals surface area contributed by atoms with E-state index in [9.17, 15) is 14.4 Å². The Morgan fingerprint density at radius 3 is 2.07 bits per heavy atom. The SMILES string of the molecule is C=C.O=C(O)C1=CC(=O)C(=O)C(O)=C1. The lowest BCUT2D eigenvalue weighted by Gasteiger charge is -2.02. The van der Waals surface area contributed by atoms with Gasteiger partial charge in [-0.1, -0.05) is 0 Å². The van der Waals surface area contributed by atoms with Crippen molar-refractivity contribution < 1.29 is 24.6 Å². The number of carboxylic acid groups (broad SMARTS) is 1. The van der Waals surface area contributed by atoms with Crippen molar-refractivity contribution >= 4 is 17.5 Å². The largest absolute Gasteiger partial charge is 0.504 e. The highest BCUT2D eigenvalue weighted by molar-refractivity contribution is 6.48. The van der Waals surface area contributed by atoms with Crippen LogP contribution in [0.4, 0.5) is 0 Å². The van der Waals surface area contributed by atoms with Crippen molar-refractivity contribution in [3.8, 4) is 0 Å². The number of Topliss-reactive ketones (excluding diaryl/α,β-unsaturated/α-hetero) is 1. The molecule has 0 saturated heterocycles. The molecule has 2 N–H and O–H groups in total. The van der Waals surface area contributed by atoms with E-state index in [1.54, 1.807) is 0 Å². The van der Waals surface area contributed by atoms with E-state index >= 15 is 0 Å². The summed E-state index contributed by atoms with van der Waals surface area (Å²) in [7, 11) is 0. The number of hydrogen-bond acceptors (Lipinski definition) is 4. The molecule has 74 valence electrons. The zero-order chi connectivity index (χ0) is 11.3. The molecule has 14 heavy (non-hydrogen) atoms. The van der Waals surface area contributed by atoms with Gasteiger partial charge in [-0.25, -0.2) is 4.79 Å². The smallest absolute Gasteiger partial charge is 0.335 e. The lowest BCUT2D eigenvalue weighted by molar-refractivity contribution is -0.134. The minimum Gasteiger partial charge on any atom is -0.504 e. The van der Waals surface area contributed by atoms with Crippen molar-refractivity contribution in [1.82, 2.24) is 0 Å². The number of aliphatic hydroxyl groups excluding tert-OH is 1. The van der Waals surface area contributed by atoms with Crippen LogP contribution in [0.3, 0.4) is 0 Å². The third kappa shape index (κ3) is 2.41. The van der Waals surface area contributed by atoms with Crippen LogP contribution < -0.4 is 0 Å². The van der Waals surface area contributed by atoms with Gasteiger partial charge >= 0.3 is 5.97 Å². The summed E-state index contributed by atoms with van der Waals surface area (Å²) < 4.78 is 0. The maximum absolute atomic E-state index is 10.6. The van der Waals surface area contributed by atoms with E-state index < -0.39 is 28.9 Å². The maximum Gasteiger partial charge on any atom is 0.335 e. The molecule has 0 amide bonds. The van der Waals surface area contributed by atoms with Gasteiger partial charge in [-0.2, -0.15) is 0 Å². The van der Waals surface area contributed by atoms with Crippen LogP contribution in [0.1, 0.15) is 0 Å². The number of carboxylic acids is 1. The number of carbonyl (C=O) groups is 3. The summed E-state index contributed by atoms with van der Waals surface area (Å²) in [5.74, 6) is -4.30. The fourth-order valence-electron chi connectivity index (χ4n) is 0.711. The summed E-state index contributed by atoms with van der Waals surface area (Å²) in [6.07, 6.45) is 1.41. The normalized spacial score (nSPS) is 14.9. The molecule has 5 heteroatoms. The van der Waals surface area contributed by atoms with Gasteiger partial charge in [0.25, 0.3) is 5.78 Å². The molecule has 0 bridgehead atoms. The van der Waals surface area contributed by atoms with Crippen molar-refractivity contribution in [2.24, 2.45) is 0 Å². The third-order valence-electron chi connectivity index (χ3n) is 1.28. The Balaban J connectivity index is 0.000000791. The van der Waals surface area contributed by atoms with Crippen molar-refractivity contribution in [3.05, 3.63) is 36.6 Å². The predicted molar refractivity (Wildman–Crippen MR) is 47.7 cm³/mol. The second kappa shape index (κ2) is 4.76. The molecule has 1 aliphatic carbocycles. The van der Waals surface area contributed by atoms with E-state index in [-0.39, 0.29) is 0 Å². The molecule has 0 radical (unpaired) electrons. The topological polar surface area (TPSA) is 91.7 Å². The summed E-state index contributed by atoms with van der Waals surface area (Å²) >= 11 is 0. The molecule has 0 aromatic carbocycles. The Labute approximate surface area is 79.7 Å². The number of aliphatic carboxylic acids is 1. The van der Waals surface area contributed by atoms with Crippen molar-refractivity contribution in [3.63, 3.8) is 0 Å². The van der Waals surface area contributed by atoms with E-state index in [2.05, 4.69) is 13.2 Å². The molecule has 0 fully saturated rings. The van der Waals surface area contributed by atoms with Crippen LogP contribution in [0.5, 0.6) is 0 Å². The van der Waals surface area contributed by atoms with Gasteiger partial charge in [0.1, 0.15) is 0 Å². The quantitative estimate of drug-likeness (QED) is 0.359. The number of rotatable bonds is 1. The summed E-state index contributed by atoms with van der Waals surface area (Å²) in [5, 5.41) is 17.1. The zero-order valence-corrected chi connectivity index (χ0v) is 7.19. The first-order valence-electron chi connectivity index (χ1n) is 3.46. The van der Waals surface area contributed by atoms with Crippen LogP contribution >= 0.6 is 0 Å². The molecule has 1 aliphatic rings. The van der Waals surface area contributed by atoms with E-state index in [1.165, 1.54) is 0 Å². The summed E-state index contributed by atoms with van der Waals surface area (Å²) in [6.45, 7) is 6.00. The molecule has 0 atom stereocenters. The molecule has 0 saturated carbocycles. The van der Waals surface area contributed by atoms with E-state index in [4.69, 9.17) is 10.2 Å². The van der Waals surface area contributed by atoms with Crippen LogP contribution in [-0.4, -0.2) is 27.7 Å². The van der Waals surface area contributed by atoms with Gasteiger partial charge in [0.2, 0.25) is 5.78 Å². The Morgan fingerprint density at radius 1 is 1.21 bits per heavy atom. The van der Waals surface area contributed by atoms with Crippen molar-refractivity contribution in [1.29, 1.82) is 0 Å². The highest BCUT2D eigenvalue weighted by atomic mass is 16.4. The van der Waals surface area contributed by atoms with Crippen LogP contribution in [-0.2, 0) is 14.4 Å². The van der Waals surface area contributed by atoms with E-state index in [0.29, 0.717) is 6.08 Å². The van der Waals surface area contributed by atoms with Gasteiger partial charge in [0.05, 0.1) is 5.57 Å². The van der Waals surface area contributed by atoms with E-state index in [1.807, 2.05) is 0 Å². The van der Waals surface area contributed by atoms with Crippen molar-refractivity contribution in [2.45, 2.75) is 0 Å². The number of ketones is 2. The second-order valence-electron chi connectivity index (χ2n) is 2.13. The Hall–Kier alpha value is -2.17. The first kappa shape index (κ1) is 11.8. The fourth-order valence-corrected chi connectivity index (χ4v) is 0.711. The monoisotopic (exact) mass is 196 g/mol. The highest BCUT2D eigenvalue weighted by Crippen LogP contribution is 2.09. The molecule has 1 rings (SSSR count). The third-order valence-corrected chi connectivity index (χ3v) is 1.28. The number of aliphatic hydroxyl groups is 1. The summed E-state index contributed by atoms with van der Waals surface area (Å²) in [6, 6.07) is 0. The number of hydrogen-bond donors (Lipinski definition) is 2. The van der Waals surface area contributed by atoms with E-state index in [0.717, 1.165) is 6.08 Å². The first-order chi connectivity index (χ1) is 6.52. The molecule has 0 aromatic heterocycles. The van der Waals surface area contributed by atoms with Crippen LogP contribution in [0.25, 0.3) is 0 Å². The molecule has 0 aliphatic heterocycles. The minimum absolute atomic E-state index is 0.392. The predicted octanol–water partition coefficient (Wildman–Crippen LogP) is 0.393. The molecule has 5 nitrogen and oxygen atoms in total. The molecule has 0 heterocycles. The molecule has 0 spiro atoms. The standard InChI is InChI=1S/C7H4O5.C2H4/c8-4-1-3(7(11)12)2-5(9)6(4)10;1-2/h1-2,8H,(H,11,12);1-2H2. The summed E-state index contributed by atoms with van der Waals surface area (Å²) in [5.41, 5.74) is -0.392. The van der Waals surface area contributed by atoms with Crippen molar-refractivity contribution in [2.75, 3.05) is 0 Å². The van der Waals surface area contributed by atoms with Gasteiger partial charge in [0, 0.05) is 6.08 Å². The van der Waals surface area contributed by atoms with Gasteiger partial charge in [-0.15, -0.1) is 13.2 Å². The number of allylic oxidation sites excluding steroid dienone is 2. The van der Waals surface area contributed by atoms with Gasteiger partial charge in [-0.3, -0.25) is 9.59 Å². The van der Waals surface area contributed by atoms with Gasteiger partial charge in [0.15, 0.2) is 5.76 Å². The first-order valence-corrected chi connectivity index (χ1v) is 3.46. The zero-order valence-electron chi connectivity index (χ0n) is 7.19. The van der Waals surface area contributed by atoms with Gasteiger partial charge in [-0.05, 0) is 6.08 Å². The average molecular weight is 196 g/mol. The lowest BCUT2D eigenvalue weighted by Crippen LogP contribution is -2.20. The Morgan fingerprint density at radius 2 is 1.71 bits per heavy atom. The van der Waals surface area contributed by atoms with Crippen LogP contribution in [0.15, 0.2) is 36.6 Å². The van der Waals surface area contributed by atoms with Crippen LogP contribution in [0, 0.1) is 0 Å². The lowest BCUT2D eigenvalue weighted by atomic mass is 10.0. The highest BCUT2D eigenvalue weighted by Gasteiger charge is 2.24.